The van der Waals surface area contributed by atoms with Gasteiger partial charge in [0, 0.05) is 19.2 Å². The molecule has 0 aliphatic rings. The molecule has 0 saturated heterocycles. The average Bonchev–Trinajstić information content (AvgIpc) is 2.45. The summed E-state index contributed by atoms with van der Waals surface area (Å²) in [5.41, 5.74) is -0.319. The van der Waals surface area contributed by atoms with Crippen LogP contribution in [0.3, 0.4) is 0 Å². The molecule has 118 valence electrons. The summed E-state index contributed by atoms with van der Waals surface area (Å²) in [6, 6.07) is 5.73. The Kier molecular flexibility index (Phi) is 5.49. The third-order valence-corrected chi connectivity index (χ3v) is 4.91. The van der Waals surface area contributed by atoms with Crippen LogP contribution in [0.25, 0.3) is 0 Å². The van der Waals surface area contributed by atoms with Gasteiger partial charge in [-0.3, -0.25) is 4.79 Å². The number of hydrogen-bond donors (Lipinski definition) is 2. The van der Waals surface area contributed by atoms with Crippen LogP contribution in [0.15, 0.2) is 29.2 Å². The van der Waals surface area contributed by atoms with Crippen molar-refractivity contribution in [3.05, 3.63) is 29.8 Å². The zero-order valence-electron chi connectivity index (χ0n) is 12.8. The molecule has 0 radical (unpaired) electrons. The number of likely N-dealkylation sites (N-methyl/N-ethyl adjacent to an activating group) is 1. The molecule has 1 aromatic carbocycles. The minimum Gasteiger partial charge on any atom is -0.394 e. The van der Waals surface area contributed by atoms with Crippen molar-refractivity contribution in [2.75, 3.05) is 20.2 Å². The molecule has 6 nitrogen and oxygen atoms in total. The average molecular weight is 314 g/mol. The Morgan fingerprint density at radius 1 is 1.29 bits per heavy atom. The third kappa shape index (κ3) is 4.03. The molecule has 0 heterocycles. The molecule has 0 aliphatic carbocycles. The molecule has 0 bridgehead atoms. The van der Waals surface area contributed by atoms with E-state index in [-0.39, 0.29) is 17.4 Å². The van der Waals surface area contributed by atoms with Crippen LogP contribution in [0.2, 0.25) is 0 Å². The topological polar surface area (TPSA) is 86.7 Å². The largest absolute Gasteiger partial charge is 0.394 e. The molecule has 2 N–H and O–H groups in total. The summed E-state index contributed by atoms with van der Waals surface area (Å²) in [6.07, 6.45) is 0. The lowest BCUT2D eigenvalue weighted by Crippen LogP contribution is -2.47. The molecule has 7 heteroatoms. The fraction of sp³-hybridized carbons (Fsp3) is 0.500. The van der Waals surface area contributed by atoms with Gasteiger partial charge in [-0.1, -0.05) is 6.92 Å². The molecule has 0 saturated carbocycles. The van der Waals surface area contributed by atoms with Gasteiger partial charge in [0.25, 0.3) is 5.91 Å². The van der Waals surface area contributed by atoms with E-state index in [0.717, 1.165) is 0 Å². The van der Waals surface area contributed by atoms with E-state index in [9.17, 15) is 18.3 Å². The van der Waals surface area contributed by atoms with Crippen molar-refractivity contribution in [1.82, 2.24) is 9.62 Å². The molecular formula is C14H22N2O4S. The summed E-state index contributed by atoms with van der Waals surface area (Å²) in [5.74, 6) is -0.276. The van der Waals surface area contributed by atoms with Crippen LogP contribution in [-0.4, -0.2) is 50.1 Å². The Hall–Kier alpha value is -1.44. The first kappa shape index (κ1) is 17.6. The maximum absolute atomic E-state index is 12.3. The van der Waals surface area contributed by atoms with Crippen LogP contribution in [-0.2, 0) is 10.0 Å². The Morgan fingerprint density at radius 2 is 1.81 bits per heavy atom. The molecule has 0 spiro atoms. The molecule has 1 aromatic rings. The van der Waals surface area contributed by atoms with Crippen molar-refractivity contribution < 1.29 is 18.3 Å². The van der Waals surface area contributed by atoms with Crippen LogP contribution in [0.4, 0.5) is 0 Å². The molecule has 21 heavy (non-hydrogen) atoms. The van der Waals surface area contributed by atoms with Crippen molar-refractivity contribution >= 4 is 15.9 Å². The van der Waals surface area contributed by atoms with E-state index in [1.165, 1.54) is 29.2 Å². The number of amides is 1. The number of sulfonamides is 1. The highest BCUT2D eigenvalue weighted by molar-refractivity contribution is 7.89. The van der Waals surface area contributed by atoms with Gasteiger partial charge in [0.15, 0.2) is 0 Å². The maximum atomic E-state index is 12.3. The first-order valence-electron chi connectivity index (χ1n) is 6.64. The summed E-state index contributed by atoms with van der Waals surface area (Å²) in [6.45, 7) is 5.32. The van der Waals surface area contributed by atoms with E-state index in [1.54, 1.807) is 27.8 Å². The second-order valence-electron chi connectivity index (χ2n) is 5.36. The highest BCUT2D eigenvalue weighted by Gasteiger charge is 2.27. The van der Waals surface area contributed by atoms with Gasteiger partial charge in [-0.15, -0.1) is 0 Å². The number of hydrogen-bond acceptors (Lipinski definition) is 4. The zero-order chi connectivity index (χ0) is 16.3. The second-order valence-corrected chi connectivity index (χ2v) is 7.13. The van der Waals surface area contributed by atoms with Gasteiger partial charge < -0.3 is 10.0 Å². The van der Waals surface area contributed by atoms with E-state index in [1.807, 2.05) is 0 Å². The first-order valence-corrected chi connectivity index (χ1v) is 8.13. The van der Waals surface area contributed by atoms with E-state index >= 15 is 0 Å². The monoisotopic (exact) mass is 314 g/mol. The van der Waals surface area contributed by atoms with Gasteiger partial charge in [0.05, 0.1) is 17.0 Å². The Bertz CT molecular complexity index is 594. The summed E-state index contributed by atoms with van der Waals surface area (Å²) in [7, 11) is -1.92. The fourth-order valence-corrected chi connectivity index (χ4v) is 2.67. The lowest BCUT2D eigenvalue weighted by Gasteiger charge is -2.34. The normalized spacial score (nSPS) is 12.2. The quantitative estimate of drug-likeness (QED) is 0.814. The van der Waals surface area contributed by atoms with Crippen molar-refractivity contribution in [2.24, 2.45) is 0 Å². The number of nitrogens with zero attached hydrogens (tertiary/aromatic N) is 1. The third-order valence-electron chi connectivity index (χ3n) is 3.35. The van der Waals surface area contributed by atoms with Crippen molar-refractivity contribution in [2.45, 2.75) is 31.2 Å². The molecule has 1 rings (SSSR count). The number of aliphatic hydroxyl groups excluding tert-OH is 1. The Morgan fingerprint density at radius 3 is 2.24 bits per heavy atom. The minimum absolute atomic E-state index is 0.116. The fourth-order valence-electron chi connectivity index (χ4n) is 1.62. The van der Waals surface area contributed by atoms with Gasteiger partial charge >= 0.3 is 0 Å². The summed E-state index contributed by atoms with van der Waals surface area (Å²) < 4.78 is 26.0. The lowest BCUT2D eigenvalue weighted by molar-refractivity contribution is 0.0473. The molecule has 1 amide bonds. The summed E-state index contributed by atoms with van der Waals surface area (Å²) in [5, 5.41) is 9.29. The first-order chi connectivity index (χ1) is 9.65. The Labute approximate surface area is 125 Å². The number of benzene rings is 1. The van der Waals surface area contributed by atoms with Crippen molar-refractivity contribution in [3.63, 3.8) is 0 Å². The van der Waals surface area contributed by atoms with Crippen LogP contribution in [0.5, 0.6) is 0 Å². The van der Waals surface area contributed by atoms with Gasteiger partial charge in [-0.05, 0) is 38.1 Å². The van der Waals surface area contributed by atoms with E-state index in [4.69, 9.17) is 0 Å². The highest BCUT2D eigenvalue weighted by atomic mass is 32.2. The van der Waals surface area contributed by atoms with Crippen LogP contribution in [0.1, 0.15) is 31.1 Å². The molecule has 0 fully saturated rings. The molecule has 0 aliphatic heterocycles. The highest BCUT2D eigenvalue weighted by Crippen LogP contribution is 2.17. The van der Waals surface area contributed by atoms with Crippen molar-refractivity contribution in [1.29, 1.82) is 0 Å². The maximum Gasteiger partial charge on any atom is 0.254 e. The number of aliphatic hydroxyl groups is 1. The van der Waals surface area contributed by atoms with Gasteiger partial charge in [0.1, 0.15) is 0 Å². The Balaban J connectivity index is 3.01. The number of carbonyl (C=O) groups excluding carboxylic acids is 1. The van der Waals surface area contributed by atoms with Gasteiger partial charge in [-0.25, -0.2) is 13.1 Å². The number of carbonyl (C=O) groups is 1. The van der Waals surface area contributed by atoms with Gasteiger partial charge in [0.2, 0.25) is 10.0 Å². The van der Waals surface area contributed by atoms with Crippen LogP contribution >= 0.6 is 0 Å². The van der Waals surface area contributed by atoms with Crippen LogP contribution in [0, 0.1) is 0 Å². The molecule has 0 unspecified atom stereocenters. The summed E-state index contributed by atoms with van der Waals surface area (Å²) in [4.78, 5) is 13.8. The molecular weight excluding hydrogens is 292 g/mol. The van der Waals surface area contributed by atoms with Crippen molar-refractivity contribution in [3.8, 4) is 0 Å². The lowest BCUT2D eigenvalue weighted by atomic mass is 10.0. The predicted molar refractivity (Wildman–Crippen MR) is 80.6 cm³/mol. The minimum atomic E-state index is -3.52. The SMILES string of the molecule is CCNS(=O)(=O)c1ccc(C(=O)N(C)C(C)(C)CO)cc1. The molecule has 0 atom stereocenters. The van der Waals surface area contributed by atoms with E-state index in [2.05, 4.69) is 4.72 Å². The molecule has 0 aromatic heterocycles. The van der Waals surface area contributed by atoms with Gasteiger partial charge in [-0.2, -0.15) is 0 Å². The second kappa shape index (κ2) is 6.55. The summed E-state index contributed by atoms with van der Waals surface area (Å²) >= 11 is 0. The smallest absolute Gasteiger partial charge is 0.254 e. The standard InChI is InChI=1S/C14H22N2O4S/c1-5-15-21(19,20)12-8-6-11(7-9-12)13(18)16(4)14(2,3)10-17/h6-9,15,17H,5,10H2,1-4H3. The van der Waals surface area contributed by atoms with Crippen LogP contribution < -0.4 is 4.72 Å². The van der Waals surface area contributed by atoms with E-state index in [0.29, 0.717) is 12.1 Å². The zero-order valence-corrected chi connectivity index (χ0v) is 13.6. The number of nitrogens with one attached hydrogen (secondary N) is 1. The van der Waals surface area contributed by atoms with E-state index < -0.39 is 15.6 Å². The number of rotatable bonds is 6. The predicted octanol–water partition coefficient (Wildman–Crippen LogP) is 0.828.